The summed E-state index contributed by atoms with van der Waals surface area (Å²) in [6, 6.07) is 16.8. The molecule has 174 valence electrons. The molecule has 0 saturated carbocycles. The normalized spacial score (nSPS) is 12.3. The van der Waals surface area contributed by atoms with Crippen LogP contribution in [0.2, 0.25) is 5.02 Å². The molecule has 8 heteroatoms. The van der Waals surface area contributed by atoms with Gasteiger partial charge in [0.1, 0.15) is 16.5 Å². The lowest BCUT2D eigenvalue weighted by Gasteiger charge is -2.29. The van der Waals surface area contributed by atoms with Crippen molar-refractivity contribution in [2.75, 3.05) is 0 Å². The van der Waals surface area contributed by atoms with Gasteiger partial charge >= 0.3 is 10.1 Å². The van der Waals surface area contributed by atoms with Gasteiger partial charge in [0, 0.05) is 18.2 Å². The van der Waals surface area contributed by atoms with Crippen LogP contribution in [0.1, 0.15) is 41.8 Å². The summed E-state index contributed by atoms with van der Waals surface area (Å²) in [4.78, 5) is 14.6. The third kappa shape index (κ3) is 5.92. The lowest BCUT2D eigenvalue weighted by molar-refractivity contribution is 0.0671. The number of hydrogen-bond acceptors (Lipinski definition) is 4. The predicted molar refractivity (Wildman–Crippen MR) is 126 cm³/mol. The number of carbonyl (C=O) groups excluding carboxylic acids is 1. The van der Waals surface area contributed by atoms with E-state index in [0.29, 0.717) is 5.56 Å². The van der Waals surface area contributed by atoms with Crippen LogP contribution >= 0.6 is 11.6 Å². The van der Waals surface area contributed by atoms with E-state index in [9.17, 15) is 17.6 Å². The minimum Gasteiger partial charge on any atom is -0.379 e. The first-order valence-electron chi connectivity index (χ1n) is 10.5. The van der Waals surface area contributed by atoms with Gasteiger partial charge < -0.3 is 9.08 Å². The first-order chi connectivity index (χ1) is 15.6. The Labute approximate surface area is 198 Å². The van der Waals surface area contributed by atoms with Crippen molar-refractivity contribution < 1.29 is 21.8 Å². The molecule has 0 radical (unpaired) electrons. The molecule has 0 spiro atoms. The van der Waals surface area contributed by atoms with Gasteiger partial charge in [0.25, 0.3) is 5.91 Å². The molecule has 3 rings (SSSR count). The minimum atomic E-state index is -4.11. The van der Waals surface area contributed by atoms with Crippen molar-refractivity contribution in [1.82, 2.24) is 4.90 Å². The molecule has 0 aliphatic carbocycles. The highest BCUT2D eigenvalue weighted by molar-refractivity contribution is 7.87. The van der Waals surface area contributed by atoms with E-state index >= 15 is 0 Å². The molecule has 0 aliphatic rings. The molecule has 33 heavy (non-hydrogen) atoms. The van der Waals surface area contributed by atoms with Gasteiger partial charge in [0.15, 0.2) is 0 Å². The monoisotopic (exact) mass is 489 g/mol. The minimum absolute atomic E-state index is 0.0700. The number of halogens is 2. The number of hydrogen-bond donors (Lipinski definition) is 0. The van der Waals surface area contributed by atoms with Crippen molar-refractivity contribution in [3.8, 4) is 5.75 Å². The third-order valence-electron chi connectivity index (χ3n) is 5.35. The molecule has 0 fully saturated rings. The molecular weight excluding hydrogens is 465 g/mol. The van der Waals surface area contributed by atoms with Crippen LogP contribution in [-0.4, -0.2) is 25.3 Å². The second-order valence-electron chi connectivity index (χ2n) is 7.77. The Balaban J connectivity index is 1.80. The van der Waals surface area contributed by atoms with Crippen LogP contribution in [0.25, 0.3) is 0 Å². The van der Waals surface area contributed by atoms with Gasteiger partial charge in [-0.05, 0) is 67.8 Å². The highest BCUT2D eigenvalue weighted by atomic mass is 35.5. The second-order valence-corrected chi connectivity index (χ2v) is 9.66. The van der Waals surface area contributed by atoms with E-state index in [1.54, 1.807) is 42.2 Å². The molecule has 0 saturated heterocycles. The zero-order valence-electron chi connectivity index (χ0n) is 18.6. The summed E-state index contributed by atoms with van der Waals surface area (Å²) in [5, 5.41) is 0.0895. The summed E-state index contributed by atoms with van der Waals surface area (Å²) in [6.07, 6.45) is 0.720. The second kappa shape index (κ2) is 10.4. The first-order valence-corrected chi connectivity index (χ1v) is 12.3. The van der Waals surface area contributed by atoms with E-state index in [1.807, 2.05) is 13.8 Å². The Morgan fingerprint density at radius 1 is 1.09 bits per heavy atom. The lowest BCUT2D eigenvalue weighted by Crippen LogP contribution is -2.37. The Hall–Kier alpha value is -2.90. The van der Waals surface area contributed by atoms with Gasteiger partial charge in [-0.25, -0.2) is 4.39 Å². The molecule has 0 bridgehead atoms. The Kier molecular flexibility index (Phi) is 7.76. The maximum atomic E-state index is 13.6. The van der Waals surface area contributed by atoms with Gasteiger partial charge in [-0.2, -0.15) is 8.42 Å². The van der Waals surface area contributed by atoms with Gasteiger partial charge in [0.05, 0.1) is 5.02 Å². The fourth-order valence-electron chi connectivity index (χ4n) is 3.38. The molecule has 3 aromatic carbocycles. The summed E-state index contributed by atoms with van der Waals surface area (Å²) in [5.74, 6) is -0.619. The fraction of sp³-hybridized carbons (Fsp3) is 0.240. The molecule has 0 unspecified atom stereocenters. The zero-order chi connectivity index (χ0) is 24.2. The van der Waals surface area contributed by atoms with Crippen molar-refractivity contribution in [1.29, 1.82) is 0 Å². The zero-order valence-corrected chi connectivity index (χ0v) is 20.2. The maximum Gasteiger partial charge on any atom is 0.340 e. The number of carbonyl (C=O) groups is 1. The topological polar surface area (TPSA) is 63.7 Å². The molecule has 0 heterocycles. The smallest absolute Gasteiger partial charge is 0.340 e. The van der Waals surface area contributed by atoms with E-state index in [-0.39, 0.29) is 39.7 Å². The van der Waals surface area contributed by atoms with Crippen LogP contribution in [0, 0.1) is 12.7 Å². The average molecular weight is 490 g/mol. The van der Waals surface area contributed by atoms with E-state index in [0.717, 1.165) is 12.0 Å². The molecule has 5 nitrogen and oxygen atoms in total. The van der Waals surface area contributed by atoms with Crippen molar-refractivity contribution in [3.05, 3.63) is 94.3 Å². The van der Waals surface area contributed by atoms with Gasteiger partial charge in [-0.3, -0.25) is 4.79 Å². The fourth-order valence-corrected chi connectivity index (χ4v) is 5.11. The molecule has 1 atom stereocenters. The number of rotatable bonds is 8. The average Bonchev–Trinajstić information content (AvgIpc) is 2.77. The molecule has 1 amide bonds. The summed E-state index contributed by atoms with van der Waals surface area (Å²) in [6.45, 7) is 5.81. The van der Waals surface area contributed by atoms with E-state index < -0.39 is 15.9 Å². The van der Waals surface area contributed by atoms with Crippen molar-refractivity contribution in [2.45, 2.75) is 44.7 Å². The van der Waals surface area contributed by atoms with Crippen LogP contribution < -0.4 is 4.18 Å². The quantitative estimate of drug-likeness (QED) is 0.364. The van der Waals surface area contributed by atoms with Gasteiger partial charge in [0.2, 0.25) is 0 Å². The molecule has 0 aromatic heterocycles. The highest BCUT2D eigenvalue weighted by Gasteiger charge is 2.24. The molecule has 0 aliphatic heterocycles. The first kappa shape index (κ1) is 24.7. The summed E-state index contributed by atoms with van der Waals surface area (Å²) in [5.41, 5.74) is 1.54. The molecular formula is C25H25ClFNO4S. The number of aryl methyl sites for hydroxylation is 1. The summed E-state index contributed by atoms with van der Waals surface area (Å²) < 4.78 is 44.3. The molecule has 3 aromatic rings. The van der Waals surface area contributed by atoms with E-state index in [2.05, 4.69) is 0 Å². The maximum absolute atomic E-state index is 13.6. The standard InChI is InChI=1S/C25H25ClFNO4S/c1-4-18(3)28(25(29)20-8-6-9-21(27)15-20)16-19-11-13-22(14-12-19)32-33(30,31)24-17(2)7-5-10-23(24)26/h5-15,18H,4,16H2,1-3H3/t18-/m0/s1. The third-order valence-corrected chi connectivity index (χ3v) is 7.23. The Bertz CT molecular complexity index is 1230. The van der Waals surface area contributed by atoms with E-state index in [4.69, 9.17) is 15.8 Å². The van der Waals surface area contributed by atoms with Crippen molar-refractivity contribution >= 4 is 27.6 Å². The molecule has 0 N–H and O–H groups in total. The lowest BCUT2D eigenvalue weighted by atomic mass is 10.1. The van der Waals surface area contributed by atoms with Crippen LogP contribution in [0.15, 0.2) is 71.6 Å². The Morgan fingerprint density at radius 2 is 1.76 bits per heavy atom. The van der Waals surface area contributed by atoms with Crippen LogP contribution in [0.3, 0.4) is 0 Å². The van der Waals surface area contributed by atoms with Gasteiger partial charge in [-0.1, -0.05) is 48.9 Å². The highest BCUT2D eigenvalue weighted by Crippen LogP contribution is 2.28. The van der Waals surface area contributed by atoms with Crippen molar-refractivity contribution in [2.24, 2.45) is 0 Å². The number of nitrogens with zero attached hydrogens (tertiary/aromatic N) is 1. The number of benzene rings is 3. The van der Waals surface area contributed by atoms with Gasteiger partial charge in [-0.15, -0.1) is 0 Å². The SMILES string of the molecule is CC[C@H](C)N(Cc1ccc(OS(=O)(=O)c2c(C)cccc2Cl)cc1)C(=O)c1cccc(F)c1. The van der Waals surface area contributed by atoms with Crippen LogP contribution in [0.4, 0.5) is 4.39 Å². The largest absolute Gasteiger partial charge is 0.379 e. The van der Waals surface area contributed by atoms with E-state index in [1.165, 1.54) is 36.4 Å². The summed E-state index contributed by atoms with van der Waals surface area (Å²) in [7, 11) is -4.11. The van der Waals surface area contributed by atoms with Crippen LogP contribution in [0.5, 0.6) is 5.75 Å². The van der Waals surface area contributed by atoms with Crippen molar-refractivity contribution in [3.63, 3.8) is 0 Å². The predicted octanol–water partition coefficient (Wildman–Crippen LogP) is 6.00. The van der Waals surface area contributed by atoms with Crippen LogP contribution in [-0.2, 0) is 16.7 Å². The Morgan fingerprint density at radius 3 is 2.36 bits per heavy atom. The number of amides is 1. The summed E-state index contributed by atoms with van der Waals surface area (Å²) >= 11 is 6.08.